The van der Waals surface area contributed by atoms with Crippen LogP contribution in [0.15, 0.2) is 54.9 Å². The van der Waals surface area contributed by atoms with Gasteiger partial charge in [0.15, 0.2) is 5.82 Å². The molecule has 0 radical (unpaired) electrons. The molecule has 1 heterocycles. The van der Waals surface area contributed by atoms with Gasteiger partial charge in [-0.3, -0.25) is 4.79 Å². The van der Waals surface area contributed by atoms with Gasteiger partial charge < -0.3 is 9.84 Å². The van der Waals surface area contributed by atoms with Gasteiger partial charge in [0.05, 0.1) is 11.1 Å². The second-order valence-electron chi connectivity index (χ2n) is 7.25. The molecule has 1 saturated carbocycles. The van der Waals surface area contributed by atoms with E-state index < -0.39 is 17.7 Å². The standard InChI is InChI=1S/C21H18F3N3O3/c1-2-20(19(28)29)11-17(20)13-3-5-14(6-4-13)18-25-12-27(26-18)15-7-9-16(10-8-15)30-21(22,23)24/h3-10,12,17H,2,11H2,1H3,(H,28,29). The summed E-state index contributed by atoms with van der Waals surface area (Å²) in [5.74, 6) is -0.608. The SMILES string of the molecule is CCC1(C(=O)O)CC1c1ccc(-c2ncn(-c3ccc(OC(F)(F)F)cc3)n2)cc1. The summed E-state index contributed by atoms with van der Waals surface area (Å²) in [4.78, 5) is 15.8. The molecule has 1 N–H and O–H groups in total. The lowest BCUT2D eigenvalue weighted by Crippen LogP contribution is -2.17. The Hall–Kier alpha value is -3.36. The lowest BCUT2D eigenvalue weighted by Gasteiger charge is -2.09. The number of carboxylic acid groups (broad SMARTS) is 1. The van der Waals surface area contributed by atoms with E-state index in [0.717, 1.165) is 11.1 Å². The number of ether oxygens (including phenoxy) is 1. The van der Waals surface area contributed by atoms with Gasteiger partial charge in [-0.05, 0) is 42.7 Å². The van der Waals surface area contributed by atoms with Gasteiger partial charge in [-0.25, -0.2) is 9.67 Å². The number of alkyl halides is 3. The van der Waals surface area contributed by atoms with Crippen LogP contribution in [0.25, 0.3) is 17.1 Å². The van der Waals surface area contributed by atoms with Gasteiger partial charge in [0.1, 0.15) is 12.1 Å². The van der Waals surface area contributed by atoms with Crippen molar-refractivity contribution in [3.8, 4) is 22.8 Å². The third-order valence-electron chi connectivity index (χ3n) is 5.53. The van der Waals surface area contributed by atoms with Crippen LogP contribution in [0.1, 0.15) is 31.2 Å². The molecule has 2 atom stereocenters. The number of aliphatic carboxylic acids is 1. The number of halogens is 3. The summed E-state index contributed by atoms with van der Waals surface area (Å²) >= 11 is 0. The van der Waals surface area contributed by atoms with Crippen LogP contribution in [0.3, 0.4) is 0 Å². The second kappa shape index (κ2) is 7.16. The summed E-state index contributed by atoms with van der Waals surface area (Å²) in [6.07, 6.45) is -2.04. The number of nitrogens with zero attached hydrogens (tertiary/aromatic N) is 3. The molecule has 3 aromatic rings. The smallest absolute Gasteiger partial charge is 0.481 e. The van der Waals surface area contributed by atoms with E-state index in [1.54, 1.807) is 0 Å². The average Bonchev–Trinajstić information content (AvgIpc) is 3.27. The van der Waals surface area contributed by atoms with E-state index in [1.807, 2.05) is 31.2 Å². The fraction of sp³-hybridized carbons (Fsp3) is 0.286. The van der Waals surface area contributed by atoms with Crippen LogP contribution in [0, 0.1) is 5.41 Å². The lowest BCUT2D eigenvalue weighted by molar-refractivity contribution is -0.274. The molecular formula is C21H18F3N3O3. The molecule has 1 aliphatic carbocycles. The molecule has 0 spiro atoms. The third kappa shape index (κ3) is 3.74. The largest absolute Gasteiger partial charge is 0.573 e. The van der Waals surface area contributed by atoms with Crippen LogP contribution in [-0.2, 0) is 4.79 Å². The van der Waals surface area contributed by atoms with Gasteiger partial charge in [-0.15, -0.1) is 18.3 Å². The van der Waals surface area contributed by atoms with Crippen molar-refractivity contribution in [3.63, 3.8) is 0 Å². The highest BCUT2D eigenvalue weighted by atomic mass is 19.4. The van der Waals surface area contributed by atoms with Crippen LogP contribution in [-0.4, -0.2) is 32.2 Å². The van der Waals surface area contributed by atoms with E-state index in [9.17, 15) is 23.1 Å². The topological polar surface area (TPSA) is 77.2 Å². The molecule has 6 nitrogen and oxygen atoms in total. The maximum absolute atomic E-state index is 12.3. The Balaban J connectivity index is 1.49. The summed E-state index contributed by atoms with van der Waals surface area (Å²) in [5, 5.41) is 13.8. The molecule has 2 unspecified atom stereocenters. The van der Waals surface area contributed by atoms with Crippen molar-refractivity contribution in [1.29, 1.82) is 0 Å². The van der Waals surface area contributed by atoms with Crippen LogP contribution in [0.4, 0.5) is 13.2 Å². The molecule has 1 fully saturated rings. The molecule has 1 aromatic heterocycles. The normalized spacial score (nSPS) is 20.7. The first-order valence-electron chi connectivity index (χ1n) is 9.33. The van der Waals surface area contributed by atoms with Crippen molar-refractivity contribution >= 4 is 5.97 Å². The van der Waals surface area contributed by atoms with Crippen molar-refractivity contribution in [2.45, 2.75) is 32.0 Å². The molecular weight excluding hydrogens is 399 g/mol. The van der Waals surface area contributed by atoms with Gasteiger partial charge in [-0.1, -0.05) is 31.2 Å². The molecule has 0 amide bonds. The number of aromatic nitrogens is 3. The number of hydrogen-bond donors (Lipinski definition) is 1. The first-order chi connectivity index (χ1) is 14.2. The zero-order valence-electron chi connectivity index (χ0n) is 15.9. The Morgan fingerprint density at radius 3 is 2.40 bits per heavy atom. The van der Waals surface area contributed by atoms with Crippen LogP contribution in [0.5, 0.6) is 5.75 Å². The zero-order chi connectivity index (χ0) is 21.5. The van der Waals surface area contributed by atoms with Gasteiger partial charge >= 0.3 is 12.3 Å². The second-order valence-corrected chi connectivity index (χ2v) is 7.25. The Labute approximate surface area is 169 Å². The van der Waals surface area contributed by atoms with Crippen LogP contribution in [0.2, 0.25) is 0 Å². The summed E-state index contributed by atoms with van der Waals surface area (Å²) in [5.41, 5.74) is 1.60. The zero-order valence-corrected chi connectivity index (χ0v) is 15.9. The molecule has 0 saturated heterocycles. The predicted octanol–water partition coefficient (Wildman–Crippen LogP) is 4.80. The van der Waals surface area contributed by atoms with Gasteiger partial charge in [0.25, 0.3) is 0 Å². The van der Waals surface area contributed by atoms with E-state index in [-0.39, 0.29) is 11.7 Å². The predicted molar refractivity (Wildman–Crippen MR) is 101 cm³/mol. The van der Waals surface area contributed by atoms with E-state index in [0.29, 0.717) is 24.4 Å². The highest BCUT2D eigenvalue weighted by Crippen LogP contribution is 2.61. The molecule has 30 heavy (non-hydrogen) atoms. The van der Waals surface area contributed by atoms with Crippen molar-refractivity contribution in [2.24, 2.45) is 5.41 Å². The average molecular weight is 417 g/mol. The third-order valence-corrected chi connectivity index (χ3v) is 5.53. The molecule has 9 heteroatoms. The van der Waals surface area contributed by atoms with Gasteiger partial charge in [0, 0.05) is 11.5 Å². The molecule has 1 aliphatic rings. The minimum absolute atomic E-state index is 0.0111. The summed E-state index contributed by atoms with van der Waals surface area (Å²) in [6.45, 7) is 1.89. The maximum atomic E-state index is 12.3. The minimum atomic E-state index is -4.74. The van der Waals surface area contributed by atoms with E-state index in [1.165, 1.54) is 35.3 Å². The number of rotatable bonds is 6. The van der Waals surface area contributed by atoms with Crippen LogP contribution < -0.4 is 4.74 Å². The Morgan fingerprint density at radius 2 is 1.87 bits per heavy atom. The minimum Gasteiger partial charge on any atom is -0.481 e. The summed E-state index contributed by atoms with van der Waals surface area (Å²) in [6, 6.07) is 12.8. The van der Waals surface area contributed by atoms with E-state index in [2.05, 4.69) is 14.8 Å². The lowest BCUT2D eigenvalue weighted by atomic mass is 9.96. The Bertz CT molecular complexity index is 1060. The molecule has 156 valence electrons. The van der Waals surface area contributed by atoms with Crippen molar-refractivity contribution in [1.82, 2.24) is 14.8 Å². The Morgan fingerprint density at radius 1 is 1.20 bits per heavy atom. The monoisotopic (exact) mass is 417 g/mol. The Kier molecular flexibility index (Phi) is 4.76. The van der Waals surface area contributed by atoms with Crippen molar-refractivity contribution < 1.29 is 27.8 Å². The van der Waals surface area contributed by atoms with Crippen molar-refractivity contribution in [3.05, 3.63) is 60.4 Å². The quantitative estimate of drug-likeness (QED) is 0.623. The van der Waals surface area contributed by atoms with Gasteiger partial charge in [0.2, 0.25) is 0 Å². The summed E-state index contributed by atoms with van der Waals surface area (Å²) in [7, 11) is 0. The van der Waals surface area contributed by atoms with E-state index in [4.69, 9.17) is 0 Å². The van der Waals surface area contributed by atoms with Crippen molar-refractivity contribution in [2.75, 3.05) is 0 Å². The fourth-order valence-electron chi connectivity index (χ4n) is 3.71. The number of hydrogen-bond acceptors (Lipinski definition) is 4. The van der Waals surface area contributed by atoms with Gasteiger partial charge in [-0.2, -0.15) is 0 Å². The molecule has 4 rings (SSSR count). The van der Waals surface area contributed by atoms with E-state index >= 15 is 0 Å². The fourth-order valence-corrected chi connectivity index (χ4v) is 3.71. The molecule has 0 bridgehead atoms. The summed E-state index contributed by atoms with van der Waals surface area (Å²) < 4.78 is 42.1. The molecule has 2 aromatic carbocycles. The van der Waals surface area contributed by atoms with Crippen LogP contribution >= 0.6 is 0 Å². The highest BCUT2D eigenvalue weighted by Gasteiger charge is 2.59. The number of carboxylic acids is 1. The highest BCUT2D eigenvalue weighted by molar-refractivity contribution is 5.80. The maximum Gasteiger partial charge on any atom is 0.573 e. The molecule has 0 aliphatic heterocycles. The number of carbonyl (C=O) groups is 1. The first kappa shape index (κ1) is 19.9. The first-order valence-corrected chi connectivity index (χ1v) is 9.33. The number of benzene rings is 2.